The van der Waals surface area contributed by atoms with E-state index in [2.05, 4.69) is 26.6 Å². The van der Waals surface area contributed by atoms with Crippen LogP contribution >= 0.6 is 27.5 Å². The molecule has 190 valence electrons. The molecule has 1 unspecified atom stereocenters. The molecule has 0 radical (unpaired) electrons. The largest absolute Gasteiger partial charge is 0.489 e. The van der Waals surface area contributed by atoms with Crippen LogP contribution in [-0.2, 0) is 24.5 Å². The Labute approximate surface area is 225 Å². The zero-order chi connectivity index (χ0) is 25.3. The second-order valence-corrected chi connectivity index (χ2v) is 10.1. The number of esters is 1. The highest BCUT2D eigenvalue weighted by Gasteiger charge is 2.14. The van der Waals surface area contributed by atoms with Gasteiger partial charge in [0.15, 0.2) is 0 Å². The van der Waals surface area contributed by atoms with Gasteiger partial charge in [0.05, 0.1) is 12.7 Å². The van der Waals surface area contributed by atoms with Crippen LogP contribution in [0, 0.1) is 5.92 Å². The topological polar surface area (TPSA) is 68.8 Å². The third-order valence-corrected chi connectivity index (χ3v) is 7.03. The molecule has 3 aromatic rings. The lowest BCUT2D eigenvalue weighted by atomic mass is 10.1. The Balaban J connectivity index is 1.43. The third kappa shape index (κ3) is 7.71. The Morgan fingerprint density at radius 1 is 1.03 bits per heavy atom. The fraction of sp³-hybridized carbons (Fsp3) is 0.321. The van der Waals surface area contributed by atoms with Crippen LogP contribution in [0.5, 0.6) is 11.5 Å². The third-order valence-electron chi connectivity index (χ3n) is 6.05. The van der Waals surface area contributed by atoms with Crippen molar-refractivity contribution in [2.45, 2.75) is 26.2 Å². The van der Waals surface area contributed by atoms with Crippen molar-refractivity contribution in [1.82, 2.24) is 10.6 Å². The molecule has 1 atom stereocenters. The summed E-state index contributed by atoms with van der Waals surface area (Å²) in [5, 5.41) is 7.65. The van der Waals surface area contributed by atoms with Crippen LogP contribution in [0.15, 0.2) is 65.1 Å². The van der Waals surface area contributed by atoms with Crippen LogP contribution < -0.4 is 20.1 Å². The van der Waals surface area contributed by atoms with E-state index < -0.39 is 0 Å². The van der Waals surface area contributed by atoms with Crippen molar-refractivity contribution in [3.8, 4) is 11.5 Å². The van der Waals surface area contributed by atoms with Crippen LogP contribution in [0.4, 0.5) is 0 Å². The average Bonchev–Trinajstić information content (AvgIpc) is 3.40. The zero-order valence-corrected chi connectivity index (χ0v) is 22.5. The van der Waals surface area contributed by atoms with Gasteiger partial charge in [-0.1, -0.05) is 45.7 Å². The number of methoxy groups -OCH3 is 1. The number of rotatable bonds is 11. The monoisotopic (exact) mass is 572 g/mol. The molecule has 0 saturated carbocycles. The molecular formula is C28H30BrClN2O4. The van der Waals surface area contributed by atoms with Gasteiger partial charge in [0.25, 0.3) is 0 Å². The summed E-state index contributed by atoms with van der Waals surface area (Å²) >= 11 is 9.62. The fourth-order valence-electron chi connectivity index (χ4n) is 4.03. The smallest absolute Gasteiger partial charge is 0.337 e. The number of benzene rings is 3. The van der Waals surface area contributed by atoms with Crippen molar-refractivity contribution in [2.75, 3.05) is 26.7 Å². The molecule has 4 rings (SSSR count). The zero-order valence-electron chi connectivity index (χ0n) is 20.2. The minimum absolute atomic E-state index is 0.356. The van der Waals surface area contributed by atoms with E-state index in [1.165, 1.54) is 13.5 Å². The van der Waals surface area contributed by atoms with Gasteiger partial charge >= 0.3 is 5.97 Å². The van der Waals surface area contributed by atoms with E-state index in [9.17, 15) is 4.79 Å². The maximum absolute atomic E-state index is 11.7. The predicted molar refractivity (Wildman–Crippen MR) is 145 cm³/mol. The fourth-order valence-corrected chi connectivity index (χ4v) is 4.83. The van der Waals surface area contributed by atoms with Gasteiger partial charge in [0.2, 0.25) is 0 Å². The molecule has 36 heavy (non-hydrogen) atoms. The second kappa shape index (κ2) is 13.1. The summed E-state index contributed by atoms with van der Waals surface area (Å²) < 4.78 is 17.9. The molecular weight excluding hydrogens is 544 g/mol. The predicted octanol–water partition coefficient (Wildman–Crippen LogP) is 5.75. The van der Waals surface area contributed by atoms with Crippen LogP contribution in [0.1, 0.15) is 33.5 Å². The van der Waals surface area contributed by atoms with E-state index in [0.29, 0.717) is 29.7 Å². The first kappa shape index (κ1) is 26.5. The van der Waals surface area contributed by atoms with E-state index in [-0.39, 0.29) is 5.97 Å². The molecule has 1 aliphatic rings. The molecule has 1 aliphatic heterocycles. The molecule has 6 nitrogen and oxygen atoms in total. The molecule has 3 aromatic carbocycles. The van der Waals surface area contributed by atoms with Crippen LogP contribution in [0.2, 0.25) is 5.02 Å². The number of carbonyl (C=O) groups excluding carboxylic acids is 1. The Morgan fingerprint density at radius 2 is 1.78 bits per heavy atom. The van der Waals surface area contributed by atoms with Crippen molar-refractivity contribution >= 4 is 33.5 Å². The van der Waals surface area contributed by atoms with Crippen molar-refractivity contribution in [1.29, 1.82) is 0 Å². The maximum atomic E-state index is 11.7. The quantitative estimate of drug-likeness (QED) is 0.285. The molecule has 8 heteroatoms. The number of hydrogen-bond donors (Lipinski definition) is 2. The van der Waals surface area contributed by atoms with Crippen molar-refractivity contribution < 1.29 is 19.0 Å². The summed E-state index contributed by atoms with van der Waals surface area (Å²) in [6, 6.07) is 18.8. The van der Waals surface area contributed by atoms with E-state index in [1.54, 1.807) is 12.1 Å². The lowest BCUT2D eigenvalue weighted by molar-refractivity contribution is 0.0600. The van der Waals surface area contributed by atoms with Gasteiger partial charge in [0.1, 0.15) is 24.7 Å². The van der Waals surface area contributed by atoms with Gasteiger partial charge in [-0.15, -0.1) is 0 Å². The van der Waals surface area contributed by atoms with E-state index in [1.807, 2.05) is 48.5 Å². The standard InChI is InChI=1S/C28H30BrClN2O4/c1-34-28(33)22-4-2-19(3-5-22)17-35-25-10-21(16-32-15-20-8-9-31-14-20)11-26(13-25)36-18-23-6-7-24(30)12-27(23)29/h2-7,10-13,20,31-32H,8-9,14-18H2,1H3. The number of ether oxygens (including phenoxy) is 3. The molecule has 0 aromatic heterocycles. The Hall–Kier alpha value is -2.58. The Bertz CT molecular complexity index is 1170. The Morgan fingerprint density at radius 3 is 2.44 bits per heavy atom. The number of hydrogen-bond acceptors (Lipinski definition) is 6. The highest BCUT2D eigenvalue weighted by atomic mass is 79.9. The van der Waals surface area contributed by atoms with Gasteiger partial charge in [-0.2, -0.15) is 0 Å². The Kier molecular flexibility index (Phi) is 9.64. The normalized spacial score (nSPS) is 15.0. The van der Waals surface area contributed by atoms with Crippen molar-refractivity contribution in [2.24, 2.45) is 5.92 Å². The molecule has 0 spiro atoms. The lowest BCUT2D eigenvalue weighted by Crippen LogP contribution is -2.24. The van der Waals surface area contributed by atoms with Crippen LogP contribution in [0.3, 0.4) is 0 Å². The average molecular weight is 574 g/mol. The minimum Gasteiger partial charge on any atom is -0.489 e. The summed E-state index contributed by atoms with van der Waals surface area (Å²) in [5.74, 6) is 1.76. The minimum atomic E-state index is -0.356. The molecule has 1 heterocycles. The number of halogens is 2. The van der Waals surface area contributed by atoms with Gasteiger partial charge in [-0.3, -0.25) is 0 Å². The summed E-state index contributed by atoms with van der Waals surface area (Å²) in [7, 11) is 1.37. The van der Waals surface area contributed by atoms with Crippen molar-refractivity contribution in [3.63, 3.8) is 0 Å². The number of carbonyl (C=O) groups is 1. The van der Waals surface area contributed by atoms with Gasteiger partial charge in [0, 0.05) is 27.7 Å². The summed E-state index contributed by atoms with van der Waals surface area (Å²) in [6.07, 6.45) is 1.20. The van der Waals surface area contributed by atoms with E-state index in [4.69, 9.17) is 25.8 Å². The van der Waals surface area contributed by atoms with Gasteiger partial charge in [-0.25, -0.2) is 4.79 Å². The van der Waals surface area contributed by atoms with E-state index >= 15 is 0 Å². The first-order chi connectivity index (χ1) is 17.5. The molecule has 0 bridgehead atoms. The van der Waals surface area contributed by atoms with Crippen molar-refractivity contribution in [3.05, 3.63) is 92.4 Å². The SMILES string of the molecule is COC(=O)c1ccc(COc2cc(CNCC3CCNC3)cc(OCc3ccc(Cl)cc3Br)c2)cc1. The molecule has 1 fully saturated rings. The highest BCUT2D eigenvalue weighted by molar-refractivity contribution is 9.10. The van der Waals surface area contributed by atoms with Gasteiger partial charge < -0.3 is 24.8 Å². The highest BCUT2D eigenvalue weighted by Crippen LogP contribution is 2.27. The number of nitrogens with one attached hydrogen (secondary N) is 2. The first-order valence-corrected chi connectivity index (χ1v) is 13.1. The summed E-state index contributed by atoms with van der Waals surface area (Å²) in [6.45, 7) is 4.62. The van der Waals surface area contributed by atoms with Gasteiger partial charge in [-0.05, 0) is 79.5 Å². The molecule has 2 N–H and O–H groups in total. The second-order valence-electron chi connectivity index (χ2n) is 8.80. The molecule has 1 saturated heterocycles. The van der Waals surface area contributed by atoms with Crippen LogP contribution in [0.25, 0.3) is 0 Å². The summed E-state index contributed by atoms with van der Waals surface area (Å²) in [5.41, 5.74) is 3.55. The first-order valence-electron chi connectivity index (χ1n) is 11.9. The maximum Gasteiger partial charge on any atom is 0.337 e. The molecule has 0 amide bonds. The summed E-state index contributed by atoms with van der Waals surface area (Å²) in [4.78, 5) is 11.7. The van der Waals surface area contributed by atoms with Crippen LogP contribution in [-0.4, -0.2) is 32.7 Å². The molecule has 0 aliphatic carbocycles. The lowest BCUT2D eigenvalue weighted by Gasteiger charge is -2.15. The van der Waals surface area contributed by atoms with E-state index in [0.717, 1.165) is 58.8 Å².